The second-order valence-corrected chi connectivity index (χ2v) is 5.72. The third kappa shape index (κ3) is 4.97. The number of ether oxygens (including phenoxy) is 1. The number of esters is 1. The molecule has 0 fully saturated rings. The molecule has 1 aliphatic rings. The van der Waals surface area contributed by atoms with E-state index >= 15 is 0 Å². The zero-order chi connectivity index (χ0) is 15.2. The van der Waals surface area contributed by atoms with Gasteiger partial charge < -0.3 is 10.1 Å². The normalized spacial score (nSPS) is 16.8. The molecule has 1 amide bonds. The Balaban J connectivity index is 1.76. The fraction of sp³-hybridized carbons (Fsp3) is 0.333. The average Bonchev–Trinajstić information content (AvgIpc) is 2.92. The van der Waals surface area contributed by atoms with Gasteiger partial charge in [0.2, 0.25) is 0 Å². The second-order valence-electron chi connectivity index (χ2n) is 4.80. The van der Waals surface area contributed by atoms with Crippen LogP contribution in [0.15, 0.2) is 34.8 Å². The lowest BCUT2D eigenvalue weighted by Gasteiger charge is -2.09. The van der Waals surface area contributed by atoms with E-state index in [1.165, 1.54) is 12.1 Å². The maximum atomic E-state index is 13.5. The van der Waals surface area contributed by atoms with Crippen LogP contribution in [-0.4, -0.2) is 18.5 Å². The SMILES string of the molecule is O=C(COC(=O)C[C@H]1C=CCC1)Nc1ccc(Br)cc1F. The Morgan fingerprint density at radius 3 is 2.90 bits per heavy atom. The average molecular weight is 356 g/mol. The van der Waals surface area contributed by atoms with Crippen LogP contribution in [0.5, 0.6) is 0 Å². The molecule has 1 atom stereocenters. The van der Waals surface area contributed by atoms with Gasteiger partial charge in [0.15, 0.2) is 6.61 Å². The number of halogens is 2. The molecule has 21 heavy (non-hydrogen) atoms. The predicted molar refractivity (Wildman–Crippen MR) is 80.2 cm³/mol. The summed E-state index contributed by atoms with van der Waals surface area (Å²) in [6, 6.07) is 4.29. The van der Waals surface area contributed by atoms with Crippen LogP contribution in [0, 0.1) is 11.7 Å². The molecule has 1 aromatic carbocycles. The van der Waals surface area contributed by atoms with Gasteiger partial charge in [0.25, 0.3) is 5.91 Å². The van der Waals surface area contributed by atoms with E-state index in [1.54, 1.807) is 6.07 Å². The van der Waals surface area contributed by atoms with Gasteiger partial charge in [0, 0.05) is 4.47 Å². The summed E-state index contributed by atoms with van der Waals surface area (Å²) in [6.07, 6.45) is 6.20. The molecule has 0 spiro atoms. The van der Waals surface area contributed by atoms with Crippen molar-refractivity contribution >= 4 is 33.5 Å². The largest absolute Gasteiger partial charge is 0.456 e. The van der Waals surface area contributed by atoms with Gasteiger partial charge in [-0.25, -0.2) is 4.39 Å². The lowest BCUT2D eigenvalue weighted by Crippen LogP contribution is -2.22. The molecule has 0 aliphatic heterocycles. The van der Waals surface area contributed by atoms with E-state index < -0.39 is 24.3 Å². The van der Waals surface area contributed by atoms with E-state index in [1.807, 2.05) is 12.2 Å². The van der Waals surface area contributed by atoms with Crippen LogP contribution in [0.2, 0.25) is 0 Å². The molecule has 0 heterocycles. The first-order valence-electron chi connectivity index (χ1n) is 6.62. The van der Waals surface area contributed by atoms with Crippen molar-refractivity contribution in [2.75, 3.05) is 11.9 Å². The van der Waals surface area contributed by atoms with Crippen LogP contribution in [0.25, 0.3) is 0 Å². The first-order valence-corrected chi connectivity index (χ1v) is 7.41. The molecule has 0 saturated carbocycles. The van der Waals surface area contributed by atoms with Crippen LogP contribution in [-0.2, 0) is 14.3 Å². The molecule has 0 aromatic heterocycles. The van der Waals surface area contributed by atoms with Crippen molar-refractivity contribution in [3.63, 3.8) is 0 Å². The number of carbonyl (C=O) groups is 2. The van der Waals surface area contributed by atoms with Gasteiger partial charge in [0.1, 0.15) is 5.82 Å². The highest BCUT2D eigenvalue weighted by atomic mass is 79.9. The van der Waals surface area contributed by atoms with E-state index in [2.05, 4.69) is 21.2 Å². The summed E-state index contributed by atoms with van der Waals surface area (Å²) in [6.45, 7) is -0.412. The first-order chi connectivity index (χ1) is 10.0. The number of benzene rings is 1. The predicted octanol–water partition coefficient (Wildman–Crippen LogP) is 3.43. The molecule has 1 aromatic rings. The summed E-state index contributed by atoms with van der Waals surface area (Å²) >= 11 is 3.13. The summed E-state index contributed by atoms with van der Waals surface area (Å²) < 4.78 is 19.0. The molecule has 0 saturated heterocycles. The van der Waals surface area contributed by atoms with Crippen molar-refractivity contribution in [2.45, 2.75) is 19.3 Å². The smallest absolute Gasteiger partial charge is 0.306 e. The van der Waals surface area contributed by atoms with Gasteiger partial charge >= 0.3 is 5.97 Å². The first kappa shape index (κ1) is 15.7. The number of amides is 1. The van der Waals surface area contributed by atoms with Crippen molar-refractivity contribution in [1.82, 2.24) is 0 Å². The zero-order valence-electron chi connectivity index (χ0n) is 11.3. The quantitative estimate of drug-likeness (QED) is 0.650. The highest BCUT2D eigenvalue weighted by Gasteiger charge is 2.16. The van der Waals surface area contributed by atoms with Crippen LogP contribution in [0.4, 0.5) is 10.1 Å². The Morgan fingerprint density at radius 1 is 1.43 bits per heavy atom. The van der Waals surface area contributed by atoms with Gasteiger partial charge in [-0.2, -0.15) is 0 Å². The summed E-state index contributed by atoms with van der Waals surface area (Å²) in [5, 5.41) is 2.36. The van der Waals surface area contributed by atoms with Gasteiger partial charge in [-0.3, -0.25) is 9.59 Å². The van der Waals surface area contributed by atoms with Crippen molar-refractivity contribution in [2.24, 2.45) is 5.92 Å². The minimum absolute atomic E-state index is 0.0537. The van der Waals surface area contributed by atoms with Crippen molar-refractivity contribution in [3.8, 4) is 0 Å². The van der Waals surface area contributed by atoms with Crippen molar-refractivity contribution < 1.29 is 18.7 Å². The summed E-state index contributed by atoms with van der Waals surface area (Å²) in [5.74, 6) is -1.34. The third-order valence-electron chi connectivity index (χ3n) is 3.11. The lowest BCUT2D eigenvalue weighted by molar-refractivity contribution is -0.147. The fourth-order valence-corrected chi connectivity index (χ4v) is 2.39. The standard InChI is InChI=1S/C15H15BrFNO3/c16-11-5-6-13(12(17)8-11)18-14(19)9-21-15(20)7-10-3-1-2-4-10/h1,3,5-6,8,10H,2,4,7,9H2,(H,18,19)/t10-/m0/s1. The molecule has 0 bridgehead atoms. The molecule has 112 valence electrons. The van der Waals surface area contributed by atoms with E-state index in [-0.39, 0.29) is 18.0 Å². The minimum atomic E-state index is -0.563. The molecule has 1 aliphatic carbocycles. The van der Waals surface area contributed by atoms with Gasteiger partial charge in [0.05, 0.1) is 12.1 Å². The Bertz CT molecular complexity index is 574. The summed E-state index contributed by atoms with van der Waals surface area (Å²) in [4.78, 5) is 23.2. The monoisotopic (exact) mass is 355 g/mol. The maximum Gasteiger partial charge on any atom is 0.306 e. The molecule has 2 rings (SSSR count). The van der Waals surface area contributed by atoms with Gasteiger partial charge in [-0.05, 0) is 37.0 Å². The lowest BCUT2D eigenvalue weighted by atomic mass is 10.1. The van der Waals surface area contributed by atoms with Crippen LogP contribution in [0.3, 0.4) is 0 Å². The number of nitrogens with one attached hydrogen (secondary N) is 1. The van der Waals surface area contributed by atoms with Crippen LogP contribution in [0.1, 0.15) is 19.3 Å². The molecular weight excluding hydrogens is 341 g/mol. The summed E-state index contributed by atoms with van der Waals surface area (Å²) in [5.41, 5.74) is 0.0537. The van der Waals surface area contributed by atoms with Crippen LogP contribution < -0.4 is 5.32 Å². The molecule has 1 N–H and O–H groups in total. The zero-order valence-corrected chi connectivity index (χ0v) is 12.9. The third-order valence-corrected chi connectivity index (χ3v) is 3.60. The second kappa shape index (κ2) is 7.36. The Morgan fingerprint density at radius 2 is 2.24 bits per heavy atom. The number of carbonyl (C=O) groups excluding carboxylic acids is 2. The maximum absolute atomic E-state index is 13.5. The Labute approximate surface area is 130 Å². The molecule has 4 nitrogen and oxygen atoms in total. The highest BCUT2D eigenvalue weighted by molar-refractivity contribution is 9.10. The van der Waals surface area contributed by atoms with Gasteiger partial charge in [-0.15, -0.1) is 0 Å². The number of rotatable bonds is 5. The van der Waals surface area contributed by atoms with E-state index in [9.17, 15) is 14.0 Å². The minimum Gasteiger partial charge on any atom is -0.456 e. The molecular formula is C15H15BrFNO3. The molecule has 0 unspecified atom stereocenters. The Kier molecular flexibility index (Phi) is 5.50. The van der Waals surface area contributed by atoms with Crippen LogP contribution >= 0.6 is 15.9 Å². The molecule has 6 heteroatoms. The summed E-state index contributed by atoms with van der Waals surface area (Å²) in [7, 11) is 0. The number of allylic oxidation sites excluding steroid dienone is 2. The fourth-order valence-electron chi connectivity index (χ4n) is 2.06. The number of hydrogen-bond acceptors (Lipinski definition) is 3. The van der Waals surface area contributed by atoms with E-state index in [0.717, 1.165) is 12.8 Å². The van der Waals surface area contributed by atoms with E-state index in [0.29, 0.717) is 4.47 Å². The van der Waals surface area contributed by atoms with Crippen molar-refractivity contribution in [1.29, 1.82) is 0 Å². The number of hydrogen-bond donors (Lipinski definition) is 1. The topological polar surface area (TPSA) is 55.4 Å². The number of anilines is 1. The van der Waals surface area contributed by atoms with Crippen molar-refractivity contribution in [3.05, 3.63) is 40.6 Å². The van der Waals surface area contributed by atoms with E-state index in [4.69, 9.17) is 4.74 Å². The Hall–Kier alpha value is -1.69. The molecule has 0 radical (unpaired) electrons. The highest BCUT2D eigenvalue weighted by Crippen LogP contribution is 2.21. The van der Waals surface area contributed by atoms with Gasteiger partial charge in [-0.1, -0.05) is 28.1 Å².